The quantitative estimate of drug-likeness (QED) is 0.304. The molecule has 0 fully saturated rings. The molecule has 1 amide bonds. The van der Waals surface area contributed by atoms with E-state index in [2.05, 4.69) is 15.9 Å². The highest BCUT2D eigenvalue weighted by Crippen LogP contribution is 2.43. The molecule has 5 rings (SSSR count). The van der Waals surface area contributed by atoms with E-state index in [-0.39, 0.29) is 11.2 Å². The maximum atomic E-state index is 13.7. The van der Waals surface area contributed by atoms with Gasteiger partial charge >= 0.3 is 0 Å². The molecule has 1 atom stereocenters. The lowest BCUT2D eigenvalue weighted by atomic mass is 9.97. The van der Waals surface area contributed by atoms with Crippen LogP contribution in [0, 0.1) is 13.8 Å². The van der Waals surface area contributed by atoms with Gasteiger partial charge in [0.05, 0.1) is 29.1 Å². The molecule has 4 aromatic rings. The Balaban J connectivity index is 1.82. The molecule has 166 valence electrons. The summed E-state index contributed by atoms with van der Waals surface area (Å²) in [5, 5.41) is 0.821. The molecule has 1 aliphatic rings. The smallest absolute Gasteiger partial charge is 0.295 e. The normalized spacial score (nSPS) is 15.2. The molecule has 33 heavy (non-hydrogen) atoms. The predicted octanol–water partition coefficient (Wildman–Crippen LogP) is 6.58. The number of amides is 1. The number of hydrogen-bond donors (Lipinski definition) is 0. The van der Waals surface area contributed by atoms with Gasteiger partial charge in [0.1, 0.15) is 11.3 Å². The molecule has 0 N–H and O–H groups in total. The molecule has 0 saturated carbocycles. The number of carbonyl (C=O) groups is 1. The van der Waals surface area contributed by atoms with E-state index in [9.17, 15) is 9.59 Å². The number of nitrogens with zero attached hydrogens (tertiary/aromatic N) is 1. The highest BCUT2D eigenvalue weighted by atomic mass is 79.9. The van der Waals surface area contributed by atoms with Crippen molar-refractivity contribution in [2.45, 2.75) is 19.9 Å². The summed E-state index contributed by atoms with van der Waals surface area (Å²) >= 11 is 9.89. The van der Waals surface area contributed by atoms with Crippen molar-refractivity contribution >= 4 is 50.1 Å². The van der Waals surface area contributed by atoms with Crippen LogP contribution in [0.15, 0.2) is 68.3 Å². The van der Waals surface area contributed by atoms with Crippen molar-refractivity contribution in [1.82, 2.24) is 0 Å². The number of carbonyl (C=O) groups excluding carboxylic acids is 1. The maximum Gasteiger partial charge on any atom is 0.295 e. The van der Waals surface area contributed by atoms with Crippen molar-refractivity contribution in [1.29, 1.82) is 0 Å². The van der Waals surface area contributed by atoms with Gasteiger partial charge in [-0.15, -0.1) is 0 Å². The van der Waals surface area contributed by atoms with Crippen LogP contribution in [0.2, 0.25) is 5.02 Å². The van der Waals surface area contributed by atoms with E-state index in [4.69, 9.17) is 20.8 Å². The van der Waals surface area contributed by atoms with Crippen LogP contribution in [0.4, 0.5) is 5.69 Å². The number of halogens is 2. The van der Waals surface area contributed by atoms with Gasteiger partial charge in [0.15, 0.2) is 5.43 Å². The Hall–Kier alpha value is -3.09. The first-order valence-electron chi connectivity index (χ1n) is 10.3. The third kappa shape index (κ3) is 3.45. The zero-order valence-corrected chi connectivity index (χ0v) is 20.5. The molecule has 1 unspecified atom stereocenters. The molecule has 5 nitrogen and oxygen atoms in total. The number of ether oxygens (including phenoxy) is 1. The standard InChI is InChI=1S/C26H19BrClNO4/c1-13-9-18-21(10-14(13)2)33-25-22(24(18)30)23(15-5-4-6-16(27)11-15)29(26(25)31)17-7-8-20(32-3)19(28)12-17/h4-12,23H,1-3H3. The Morgan fingerprint density at radius 1 is 1.03 bits per heavy atom. The van der Waals surface area contributed by atoms with Gasteiger partial charge in [0.2, 0.25) is 5.76 Å². The summed E-state index contributed by atoms with van der Waals surface area (Å²) in [6.45, 7) is 3.89. The molecular formula is C26H19BrClNO4. The van der Waals surface area contributed by atoms with Crippen molar-refractivity contribution in [3.63, 3.8) is 0 Å². The number of rotatable bonds is 3. The first-order valence-corrected chi connectivity index (χ1v) is 11.5. The van der Waals surface area contributed by atoms with Gasteiger partial charge in [-0.25, -0.2) is 0 Å². The summed E-state index contributed by atoms with van der Waals surface area (Å²) < 4.78 is 12.2. The van der Waals surface area contributed by atoms with Crippen LogP contribution in [0.1, 0.15) is 38.9 Å². The number of hydrogen-bond acceptors (Lipinski definition) is 4. The van der Waals surface area contributed by atoms with E-state index in [1.165, 1.54) is 7.11 Å². The van der Waals surface area contributed by atoms with Gasteiger partial charge in [-0.3, -0.25) is 14.5 Å². The Morgan fingerprint density at radius 2 is 1.79 bits per heavy atom. The van der Waals surface area contributed by atoms with Gasteiger partial charge in [0.25, 0.3) is 5.91 Å². The zero-order valence-electron chi connectivity index (χ0n) is 18.1. The first-order chi connectivity index (χ1) is 15.8. The molecule has 1 aliphatic heterocycles. The number of anilines is 1. The summed E-state index contributed by atoms with van der Waals surface area (Å²) in [7, 11) is 1.53. The number of fused-ring (bicyclic) bond motifs is 2. The minimum Gasteiger partial charge on any atom is -0.495 e. The van der Waals surface area contributed by atoms with E-state index in [0.29, 0.717) is 33.0 Å². The Kier molecular flexibility index (Phi) is 5.30. The predicted molar refractivity (Wildman–Crippen MR) is 133 cm³/mol. The fourth-order valence-electron chi connectivity index (χ4n) is 4.29. The molecule has 1 aromatic heterocycles. The van der Waals surface area contributed by atoms with Crippen LogP contribution in [0.25, 0.3) is 11.0 Å². The molecule has 0 spiro atoms. The third-order valence-electron chi connectivity index (χ3n) is 6.06. The second-order valence-electron chi connectivity index (χ2n) is 8.06. The molecule has 0 bridgehead atoms. The van der Waals surface area contributed by atoms with E-state index in [0.717, 1.165) is 21.2 Å². The summed E-state index contributed by atoms with van der Waals surface area (Å²) in [6.07, 6.45) is 0. The minimum atomic E-state index is -0.670. The fraction of sp³-hybridized carbons (Fsp3) is 0.154. The average molecular weight is 525 g/mol. The SMILES string of the molecule is COc1ccc(N2C(=O)c3oc4cc(C)c(C)cc4c(=O)c3C2c2cccc(Br)c2)cc1Cl. The molecule has 7 heteroatoms. The second kappa shape index (κ2) is 8.04. The molecule has 2 heterocycles. The van der Waals surface area contributed by atoms with Crippen LogP contribution >= 0.6 is 27.5 Å². The van der Waals surface area contributed by atoms with E-state index in [1.54, 1.807) is 29.2 Å². The average Bonchev–Trinajstić information content (AvgIpc) is 3.08. The van der Waals surface area contributed by atoms with E-state index >= 15 is 0 Å². The van der Waals surface area contributed by atoms with Crippen molar-refractivity contribution in [2.24, 2.45) is 0 Å². The summed E-state index contributed by atoms with van der Waals surface area (Å²) in [4.78, 5) is 29.0. The largest absolute Gasteiger partial charge is 0.495 e. The van der Waals surface area contributed by atoms with Crippen LogP contribution in [0.5, 0.6) is 5.75 Å². The monoisotopic (exact) mass is 523 g/mol. The van der Waals surface area contributed by atoms with Crippen LogP contribution in [-0.2, 0) is 0 Å². The van der Waals surface area contributed by atoms with Crippen LogP contribution in [0.3, 0.4) is 0 Å². The van der Waals surface area contributed by atoms with Gasteiger partial charge in [-0.1, -0.05) is 39.7 Å². The maximum absolute atomic E-state index is 13.7. The summed E-state index contributed by atoms with van der Waals surface area (Å²) in [5.74, 6) is 0.149. The van der Waals surface area contributed by atoms with Crippen molar-refractivity contribution < 1.29 is 13.9 Å². The van der Waals surface area contributed by atoms with E-state index in [1.807, 2.05) is 44.2 Å². The van der Waals surface area contributed by atoms with Crippen molar-refractivity contribution in [2.75, 3.05) is 12.0 Å². The van der Waals surface area contributed by atoms with Gasteiger partial charge < -0.3 is 9.15 Å². The van der Waals surface area contributed by atoms with Crippen molar-refractivity contribution in [3.8, 4) is 5.75 Å². The van der Waals surface area contributed by atoms with E-state index < -0.39 is 11.9 Å². The Labute approximate surface area is 203 Å². The number of benzene rings is 3. The highest BCUT2D eigenvalue weighted by molar-refractivity contribution is 9.10. The lowest BCUT2D eigenvalue weighted by Crippen LogP contribution is -2.29. The topological polar surface area (TPSA) is 59.8 Å². The molecular weight excluding hydrogens is 506 g/mol. The minimum absolute atomic E-state index is 0.0488. The van der Waals surface area contributed by atoms with Crippen LogP contribution < -0.4 is 15.1 Å². The zero-order chi connectivity index (χ0) is 23.4. The Morgan fingerprint density at radius 3 is 2.48 bits per heavy atom. The van der Waals surface area contributed by atoms with Gasteiger partial charge in [-0.05, 0) is 73.0 Å². The summed E-state index contributed by atoms with van der Waals surface area (Å²) in [6, 6.07) is 15.6. The van der Waals surface area contributed by atoms with Gasteiger partial charge in [-0.2, -0.15) is 0 Å². The molecule has 0 aliphatic carbocycles. The Bertz CT molecular complexity index is 1510. The fourth-order valence-corrected chi connectivity index (χ4v) is 4.96. The van der Waals surface area contributed by atoms with Crippen LogP contribution in [-0.4, -0.2) is 13.0 Å². The molecule has 0 radical (unpaired) electrons. The molecule has 0 saturated heterocycles. The lowest BCUT2D eigenvalue weighted by molar-refractivity contribution is 0.0971. The second-order valence-corrected chi connectivity index (χ2v) is 9.38. The lowest BCUT2D eigenvalue weighted by Gasteiger charge is -2.25. The first kappa shape index (κ1) is 21.7. The van der Waals surface area contributed by atoms with Gasteiger partial charge in [0, 0.05) is 10.2 Å². The summed E-state index contributed by atoms with van der Waals surface area (Å²) in [5.41, 5.74) is 3.79. The third-order valence-corrected chi connectivity index (χ3v) is 6.85. The number of methoxy groups -OCH3 is 1. The molecule has 3 aromatic carbocycles. The van der Waals surface area contributed by atoms with Crippen molar-refractivity contribution in [3.05, 3.63) is 102 Å². The number of aryl methyl sites for hydroxylation is 2. The highest BCUT2D eigenvalue weighted by Gasteiger charge is 2.44.